The Kier molecular flexibility index (Phi) is 3.79. The summed E-state index contributed by atoms with van der Waals surface area (Å²) in [5.74, 6) is -1.20. The highest BCUT2D eigenvalue weighted by Crippen LogP contribution is 2.29. The van der Waals surface area contributed by atoms with Gasteiger partial charge < -0.3 is 9.84 Å². The maximum Gasteiger partial charge on any atom is 0.392 e. The molecule has 0 amide bonds. The largest absolute Gasteiger partial charge is 0.491 e. The first kappa shape index (κ1) is 12.8. The number of rotatable bonds is 4. The number of alkyl halides is 3. The summed E-state index contributed by atoms with van der Waals surface area (Å²) in [4.78, 5) is 11.3. The molecule has 16 heavy (non-hydrogen) atoms. The second-order valence-corrected chi connectivity index (χ2v) is 4.33. The van der Waals surface area contributed by atoms with Gasteiger partial charge in [0.05, 0.1) is 13.0 Å². The van der Waals surface area contributed by atoms with Crippen LogP contribution in [0, 0.1) is 6.92 Å². The van der Waals surface area contributed by atoms with E-state index in [1.807, 2.05) is 0 Å². The van der Waals surface area contributed by atoms with E-state index >= 15 is 0 Å². The van der Waals surface area contributed by atoms with Gasteiger partial charge in [-0.3, -0.25) is 0 Å². The Morgan fingerprint density at radius 1 is 1.56 bits per heavy atom. The van der Waals surface area contributed by atoms with E-state index in [2.05, 4.69) is 0 Å². The van der Waals surface area contributed by atoms with Crippen LogP contribution in [0.3, 0.4) is 0 Å². The predicted octanol–water partition coefficient (Wildman–Crippen LogP) is 3.09. The van der Waals surface area contributed by atoms with E-state index in [1.54, 1.807) is 6.92 Å². The lowest BCUT2D eigenvalue weighted by atomic mass is 10.4. The van der Waals surface area contributed by atoms with E-state index in [-0.39, 0.29) is 10.6 Å². The number of hydrogen-bond acceptors (Lipinski definition) is 3. The molecule has 0 aliphatic carbocycles. The Hall–Kier alpha value is -1.24. The lowest BCUT2D eigenvalue weighted by Crippen LogP contribution is -2.13. The molecule has 1 aromatic rings. The fraction of sp³-hybridized carbons (Fsp3) is 0.444. The number of thiophene rings is 1. The minimum Gasteiger partial charge on any atom is -0.491 e. The van der Waals surface area contributed by atoms with E-state index in [0.717, 1.165) is 11.3 Å². The van der Waals surface area contributed by atoms with Crippen molar-refractivity contribution in [3.63, 3.8) is 0 Å². The normalized spacial score (nSPS) is 11.5. The molecule has 0 fully saturated rings. The van der Waals surface area contributed by atoms with Gasteiger partial charge in [-0.1, -0.05) is 0 Å². The molecule has 0 saturated heterocycles. The molecule has 3 nitrogen and oxygen atoms in total. The second kappa shape index (κ2) is 4.73. The molecule has 0 aromatic carbocycles. The van der Waals surface area contributed by atoms with Crippen LogP contribution in [0.25, 0.3) is 0 Å². The van der Waals surface area contributed by atoms with Gasteiger partial charge in [-0.15, -0.1) is 11.3 Å². The lowest BCUT2D eigenvalue weighted by molar-refractivity contribution is -0.139. The van der Waals surface area contributed by atoms with Gasteiger partial charge in [-0.05, 0) is 13.0 Å². The maximum absolute atomic E-state index is 11.8. The number of ether oxygens (including phenoxy) is 1. The summed E-state index contributed by atoms with van der Waals surface area (Å²) >= 11 is 0.975. The quantitative estimate of drug-likeness (QED) is 0.898. The first-order valence-electron chi connectivity index (χ1n) is 4.33. The molecular weight excluding hydrogens is 245 g/mol. The molecule has 7 heteroatoms. The Morgan fingerprint density at radius 2 is 2.19 bits per heavy atom. The van der Waals surface area contributed by atoms with Gasteiger partial charge in [0.2, 0.25) is 0 Å². The van der Waals surface area contributed by atoms with Crippen molar-refractivity contribution in [2.24, 2.45) is 0 Å². The van der Waals surface area contributed by atoms with Crippen LogP contribution in [0.2, 0.25) is 0 Å². The highest BCUT2D eigenvalue weighted by molar-refractivity contribution is 7.14. The van der Waals surface area contributed by atoms with Crippen molar-refractivity contribution in [3.8, 4) is 5.75 Å². The molecule has 0 atom stereocenters. The smallest absolute Gasteiger partial charge is 0.392 e. The van der Waals surface area contributed by atoms with Gasteiger partial charge in [-0.2, -0.15) is 13.2 Å². The molecule has 1 aromatic heterocycles. The summed E-state index contributed by atoms with van der Waals surface area (Å²) in [6, 6.07) is 1.42. The number of carboxylic acid groups (broad SMARTS) is 1. The second-order valence-electron chi connectivity index (χ2n) is 3.07. The van der Waals surface area contributed by atoms with Crippen molar-refractivity contribution >= 4 is 17.3 Å². The van der Waals surface area contributed by atoms with Crippen LogP contribution in [0.5, 0.6) is 5.75 Å². The van der Waals surface area contributed by atoms with Gasteiger partial charge in [-0.25, -0.2) is 4.79 Å². The van der Waals surface area contributed by atoms with E-state index in [0.29, 0.717) is 4.88 Å². The average Bonchev–Trinajstić information content (AvgIpc) is 2.44. The predicted molar refractivity (Wildman–Crippen MR) is 52.2 cm³/mol. The van der Waals surface area contributed by atoms with Crippen LogP contribution in [-0.4, -0.2) is 23.9 Å². The molecule has 0 radical (unpaired) electrons. The summed E-state index contributed by atoms with van der Waals surface area (Å²) < 4.78 is 40.3. The Balaban J connectivity index is 2.63. The topological polar surface area (TPSA) is 46.5 Å². The molecular formula is C9H9F3O3S. The molecule has 1 N–H and O–H groups in total. The minimum absolute atomic E-state index is 0.000694. The summed E-state index contributed by atoms with van der Waals surface area (Å²) in [5, 5.41) is 8.75. The fourth-order valence-electron chi connectivity index (χ4n) is 1.02. The number of halogens is 3. The highest BCUT2D eigenvalue weighted by atomic mass is 32.1. The summed E-state index contributed by atoms with van der Waals surface area (Å²) in [5.41, 5.74) is 0. The fourth-order valence-corrected chi connectivity index (χ4v) is 1.82. The Labute approximate surface area is 93.5 Å². The van der Waals surface area contributed by atoms with Crippen molar-refractivity contribution in [3.05, 3.63) is 15.8 Å². The van der Waals surface area contributed by atoms with Crippen LogP contribution in [0.1, 0.15) is 21.0 Å². The molecule has 0 saturated carbocycles. The first-order valence-corrected chi connectivity index (χ1v) is 5.14. The summed E-state index contributed by atoms with van der Waals surface area (Å²) in [6.07, 6.45) is -5.39. The van der Waals surface area contributed by atoms with E-state index in [9.17, 15) is 18.0 Å². The van der Waals surface area contributed by atoms with Crippen LogP contribution in [0.4, 0.5) is 13.2 Å². The van der Waals surface area contributed by atoms with Crippen molar-refractivity contribution in [1.82, 2.24) is 0 Å². The van der Waals surface area contributed by atoms with Gasteiger partial charge >= 0.3 is 12.1 Å². The molecule has 90 valence electrons. The van der Waals surface area contributed by atoms with Gasteiger partial charge in [0.15, 0.2) is 4.88 Å². The Morgan fingerprint density at radius 3 is 2.69 bits per heavy atom. The zero-order valence-electron chi connectivity index (χ0n) is 8.30. The lowest BCUT2D eigenvalue weighted by Gasteiger charge is -2.07. The SMILES string of the molecule is Cc1cc(OCCC(F)(F)F)c(C(=O)O)s1. The summed E-state index contributed by atoms with van der Waals surface area (Å²) in [7, 11) is 0. The molecule has 0 aliphatic heterocycles. The maximum atomic E-state index is 11.8. The van der Waals surface area contributed by atoms with Crippen LogP contribution >= 0.6 is 11.3 Å². The van der Waals surface area contributed by atoms with Gasteiger partial charge in [0, 0.05) is 4.88 Å². The number of hydrogen-bond donors (Lipinski definition) is 1. The molecule has 1 rings (SSSR count). The van der Waals surface area contributed by atoms with E-state index < -0.39 is 25.2 Å². The van der Waals surface area contributed by atoms with Crippen LogP contribution in [0.15, 0.2) is 6.07 Å². The number of carbonyl (C=O) groups is 1. The first-order chi connectivity index (χ1) is 7.29. The zero-order valence-corrected chi connectivity index (χ0v) is 9.11. The highest BCUT2D eigenvalue weighted by Gasteiger charge is 2.27. The molecule has 0 aliphatic rings. The molecule has 0 spiro atoms. The van der Waals surface area contributed by atoms with E-state index in [1.165, 1.54) is 6.07 Å². The molecule has 1 heterocycles. The van der Waals surface area contributed by atoms with Crippen molar-refractivity contribution in [2.75, 3.05) is 6.61 Å². The number of carboxylic acids is 1. The van der Waals surface area contributed by atoms with Gasteiger partial charge in [0.25, 0.3) is 0 Å². The minimum atomic E-state index is -4.30. The van der Waals surface area contributed by atoms with Gasteiger partial charge in [0.1, 0.15) is 5.75 Å². The molecule has 0 bridgehead atoms. The van der Waals surface area contributed by atoms with Crippen LogP contribution < -0.4 is 4.74 Å². The number of aromatic carboxylic acids is 1. The average molecular weight is 254 g/mol. The Bertz CT molecular complexity index is 384. The summed E-state index contributed by atoms with van der Waals surface area (Å²) in [6.45, 7) is 1.09. The van der Waals surface area contributed by atoms with E-state index in [4.69, 9.17) is 9.84 Å². The third kappa shape index (κ3) is 3.73. The third-order valence-corrected chi connectivity index (χ3v) is 2.68. The number of aryl methyl sites for hydroxylation is 1. The standard InChI is InChI=1S/C9H9F3O3S/c1-5-4-6(7(16-5)8(13)14)15-3-2-9(10,11)12/h4H,2-3H2,1H3,(H,13,14). The van der Waals surface area contributed by atoms with Crippen molar-refractivity contribution < 1.29 is 27.8 Å². The molecule has 0 unspecified atom stereocenters. The van der Waals surface area contributed by atoms with Crippen LogP contribution in [-0.2, 0) is 0 Å². The van der Waals surface area contributed by atoms with Crippen molar-refractivity contribution in [2.45, 2.75) is 19.5 Å². The zero-order chi connectivity index (χ0) is 12.3. The third-order valence-electron chi connectivity index (χ3n) is 1.66. The monoisotopic (exact) mass is 254 g/mol. The van der Waals surface area contributed by atoms with Crippen molar-refractivity contribution in [1.29, 1.82) is 0 Å².